The molecule has 0 amide bonds. The molecule has 0 atom stereocenters. The third-order valence-corrected chi connectivity index (χ3v) is 2.93. The Kier molecular flexibility index (Phi) is 4.60. The van der Waals surface area contributed by atoms with Gasteiger partial charge in [-0.3, -0.25) is 5.01 Å². The van der Waals surface area contributed by atoms with Gasteiger partial charge in [-0.25, -0.2) is 0 Å². The number of hydrogen-bond donors (Lipinski definition) is 0. The lowest BCUT2D eigenvalue weighted by atomic mass is 10.2. The first kappa shape index (κ1) is 13.9. The Morgan fingerprint density at radius 3 is 2.35 bits per heavy atom. The molecule has 0 saturated carbocycles. The number of nitrogens with zero attached hydrogens (tertiary/aromatic N) is 2. The highest BCUT2D eigenvalue weighted by Crippen LogP contribution is 2.29. The second kappa shape index (κ2) is 6.61. The minimum Gasteiger partial charge on any atom is -0.493 e. The van der Waals surface area contributed by atoms with E-state index in [9.17, 15) is 0 Å². The fraction of sp³-hybridized carbons (Fsp3) is 0.188. The van der Waals surface area contributed by atoms with Gasteiger partial charge < -0.3 is 9.47 Å². The van der Waals surface area contributed by atoms with Gasteiger partial charge in [-0.2, -0.15) is 5.10 Å². The molecule has 2 aromatic rings. The van der Waals surface area contributed by atoms with Gasteiger partial charge in [-0.1, -0.05) is 24.3 Å². The first-order valence-electron chi connectivity index (χ1n) is 6.30. The maximum absolute atomic E-state index is 5.37. The van der Waals surface area contributed by atoms with Crippen molar-refractivity contribution in [2.75, 3.05) is 26.3 Å². The molecule has 0 radical (unpaired) electrons. The van der Waals surface area contributed by atoms with E-state index in [-0.39, 0.29) is 0 Å². The van der Waals surface area contributed by atoms with Crippen LogP contribution in [-0.4, -0.2) is 27.5 Å². The van der Waals surface area contributed by atoms with E-state index in [0.717, 1.165) is 11.3 Å². The molecular weight excluding hydrogens is 252 g/mol. The summed E-state index contributed by atoms with van der Waals surface area (Å²) < 4.78 is 10.6. The van der Waals surface area contributed by atoms with Gasteiger partial charge in [0.1, 0.15) is 0 Å². The van der Waals surface area contributed by atoms with E-state index < -0.39 is 0 Å². The molecule has 4 nitrogen and oxygen atoms in total. The maximum Gasteiger partial charge on any atom is 0.169 e. The zero-order valence-electron chi connectivity index (χ0n) is 11.9. The molecule has 0 bridgehead atoms. The summed E-state index contributed by atoms with van der Waals surface area (Å²) >= 11 is 0. The highest BCUT2D eigenvalue weighted by molar-refractivity contribution is 5.85. The summed E-state index contributed by atoms with van der Waals surface area (Å²) in [6.07, 6.45) is 1.76. The van der Waals surface area contributed by atoms with Crippen molar-refractivity contribution >= 4 is 11.9 Å². The molecule has 0 N–H and O–H groups in total. The van der Waals surface area contributed by atoms with E-state index in [4.69, 9.17) is 9.47 Å². The van der Waals surface area contributed by atoms with Crippen LogP contribution in [0, 0.1) is 0 Å². The zero-order chi connectivity index (χ0) is 14.4. The number of rotatable bonds is 5. The normalized spacial score (nSPS) is 10.6. The monoisotopic (exact) mass is 270 g/mol. The first-order valence-corrected chi connectivity index (χ1v) is 6.30. The molecule has 0 aromatic heterocycles. The van der Waals surface area contributed by atoms with E-state index in [1.165, 1.54) is 0 Å². The standard InChI is InChI=1S/C16H18N2O2/c1-18(14-9-5-4-6-10-14)17-12-13-8-7-11-15(19-2)16(13)20-3/h4-12H,1-3H3/b17-12-. The summed E-state index contributed by atoms with van der Waals surface area (Å²) in [5.74, 6) is 1.37. The van der Waals surface area contributed by atoms with Gasteiger partial charge in [0.05, 0.1) is 26.1 Å². The Morgan fingerprint density at radius 2 is 1.70 bits per heavy atom. The van der Waals surface area contributed by atoms with Crippen LogP contribution in [0.4, 0.5) is 5.69 Å². The molecule has 4 heteroatoms. The van der Waals surface area contributed by atoms with Crippen LogP contribution in [0.3, 0.4) is 0 Å². The molecule has 104 valence electrons. The van der Waals surface area contributed by atoms with Gasteiger partial charge in [0, 0.05) is 12.6 Å². The van der Waals surface area contributed by atoms with Crippen molar-refractivity contribution in [3.05, 3.63) is 54.1 Å². The summed E-state index contributed by atoms with van der Waals surface area (Å²) in [6.45, 7) is 0. The fourth-order valence-electron chi connectivity index (χ4n) is 1.87. The summed E-state index contributed by atoms with van der Waals surface area (Å²) in [5.41, 5.74) is 1.89. The number of methoxy groups -OCH3 is 2. The minimum atomic E-state index is 0.681. The van der Waals surface area contributed by atoms with Crippen molar-refractivity contribution in [2.24, 2.45) is 5.10 Å². The first-order chi connectivity index (χ1) is 9.76. The van der Waals surface area contributed by atoms with Crippen molar-refractivity contribution < 1.29 is 9.47 Å². The molecule has 20 heavy (non-hydrogen) atoms. The van der Waals surface area contributed by atoms with Crippen LogP contribution < -0.4 is 14.5 Å². The average molecular weight is 270 g/mol. The van der Waals surface area contributed by atoms with Crippen LogP contribution in [0.25, 0.3) is 0 Å². The fourth-order valence-corrected chi connectivity index (χ4v) is 1.87. The largest absolute Gasteiger partial charge is 0.493 e. The molecule has 2 aromatic carbocycles. The predicted molar refractivity (Wildman–Crippen MR) is 82.0 cm³/mol. The van der Waals surface area contributed by atoms with E-state index in [0.29, 0.717) is 11.5 Å². The van der Waals surface area contributed by atoms with E-state index >= 15 is 0 Å². The van der Waals surface area contributed by atoms with Gasteiger partial charge in [0.2, 0.25) is 0 Å². The number of ether oxygens (including phenoxy) is 2. The molecule has 2 rings (SSSR count). The second-order valence-corrected chi connectivity index (χ2v) is 4.19. The topological polar surface area (TPSA) is 34.1 Å². The van der Waals surface area contributed by atoms with E-state index in [1.54, 1.807) is 25.4 Å². The highest BCUT2D eigenvalue weighted by atomic mass is 16.5. The lowest BCUT2D eigenvalue weighted by Gasteiger charge is -2.13. The summed E-state index contributed by atoms with van der Waals surface area (Å²) in [5, 5.41) is 6.23. The van der Waals surface area contributed by atoms with Crippen LogP contribution in [0.2, 0.25) is 0 Å². The minimum absolute atomic E-state index is 0.681. The summed E-state index contributed by atoms with van der Waals surface area (Å²) in [6, 6.07) is 15.6. The van der Waals surface area contributed by atoms with Crippen LogP contribution in [0.15, 0.2) is 53.6 Å². The van der Waals surface area contributed by atoms with Crippen molar-refractivity contribution in [3.63, 3.8) is 0 Å². The van der Waals surface area contributed by atoms with Crippen molar-refractivity contribution in [1.29, 1.82) is 0 Å². The lowest BCUT2D eigenvalue weighted by Crippen LogP contribution is -2.08. The molecule has 0 fully saturated rings. The molecule has 0 aliphatic heterocycles. The Bertz CT molecular complexity index is 582. The number of para-hydroxylation sites is 2. The summed E-state index contributed by atoms with van der Waals surface area (Å²) in [4.78, 5) is 0. The van der Waals surface area contributed by atoms with Crippen molar-refractivity contribution in [2.45, 2.75) is 0 Å². The molecule has 0 heterocycles. The van der Waals surface area contributed by atoms with Gasteiger partial charge in [0.25, 0.3) is 0 Å². The van der Waals surface area contributed by atoms with Crippen LogP contribution in [-0.2, 0) is 0 Å². The number of hydrogen-bond acceptors (Lipinski definition) is 4. The van der Waals surface area contributed by atoms with Gasteiger partial charge >= 0.3 is 0 Å². The Hall–Kier alpha value is -2.49. The Labute approximate surface area is 119 Å². The third-order valence-electron chi connectivity index (χ3n) is 2.93. The van der Waals surface area contributed by atoms with Crippen molar-refractivity contribution in [3.8, 4) is 11.5 Å². The molecule has 0 aliphatic rings. The molecule has 0 spiro atoms. The summed E-state index contributed by atoms with van der Waals surface area (Å²) in [7, 11) is 5.14. The SMILES string of the molecule is COc1cccc(/C=N\N(C)c2ccccc2)c1OC. The molecule has 0 saturated heterocycles. The van der Waals surface area contributed by atoms with Crippen molar-refractivity contribution in [1.82, 2.24) is 0 Å². The zero-order valence-corrected chi connectivity index (χ0v) is 11.9. The Morgan fingerprint density at radius 1 is 0.950 bits per heavy atom. The number of anilines is 1. The molecule has 0 unspecified atom stereocenters. The van der Waals surface area contributed by atoms with Crippen LogP contribution >= 0.6 is 0 Å². The second-order valence-electron chi connectivity index (χ2n) is 4.19. The number of hydrazone groups is 1. The lowest BCUT2D eigenvalue weighted by molar-refractivity contribution is 0.354. The van der Waals surface area contributed by atoms with Gasteiger partial charge in [0.15, 0.2) is 11.5 Å². The van der Waals surface area contributed by atoms with E-state index in [2.05, 4.69) is 5.10 Å². The smallest absolute Gasteiger partial charge is 0.169 e. The Balaban J connectivity index is 2.23. The van der Waals surface area contributed by atoms with Crippen LogP contribution in [0.1, 0.15) is 5.56 Å². The third kappa shape index (κ3) is 3.09. The highest BCUT2D eigenvalue weighted by Gasteiger charge is 2.07. The van der Waals surface area contributed by atoms with Gasteiger partial charge in [-0.05, 0) is 24.3 Å². The quantitative estimate of drug-likeness (QED) is 0.618. The maximum atomic E-state index is 5.37. The predicted octanol–water partition coefficient (Wildman–Crippen LogP) is 3.17. The average Bonchev–Trinajstić information content (AvgIpc) is 2.52. The number of benzene rings is 2. The van der Waals surface area contributed by atoms with Gasteiger partial charge in [-0.15, -0.1) is 0 Å². The molecule has 0 aliphatic carbocycles. The van der Waals surface area contributed by atoms with E-state index in [1.807, 2.05) is 55.6 Å². The van der Waals surface area contributed by atoms with Crippen LogP contribution in [0.5, 0.6) is 11.5 Å². The molecular formula is C16H18N2O2.